The normalized spacial score (nSPS) is 18.1. The van der Waals surface area contributed by atoms with Crippen LogP contribution in [0.2, 0.25) is 0 Å². The van der Waals surface area contributed by atoms with Crippen LogP contribution >= 0.6 is 0 Å². The van der Waals surface area contributed by atoms with E-state index in [4.69, 9.17) is 0 Å². The lowest BCUT2D eigenvalue weighted by atomic mass is 10.2. The molecule has 0 radical (unpaired) electrons. The van der Waals surface area contributed by atoms with Gasteiger partial charge in [0.1, 0.15) is 6.17 Å². The van der Waals surface area contributed by atoms with Crippen molar-refractivity contribution in [1.29, 1.82) is 0 Å². The highest BCUT2D eigenvalue weighted by atomic mass is 15.4. The Kier molecular flexibility index (Phi) is 2.44. The molecule has 1 aliphatic rings. The monoisotopic (exact) mass is 240 g/mol. The predicted octanol–water partition coefficient (Wildman–Crippen LogP) is 2.72. The summed E-state index contributed by atoms with van der Waals surface area (Å²) in [4.78, 5) is 13.3. The smallest absolute Gasteiger partial charge is 0.178 e. The molecule has 4 heteroatoms. The van der Waals surface area contributed by atoms with Crippen molar-refractivity contribution in [2.45, 2.75) is 20.0 Å². The van der Waals surface area contributed by atoms with Crippen LogP contribution in [-0.2, 0) is 0 Å². The molecule has 0 saturated heterocycles. The minimum atomic E-state index is 0.225. The lowest BCUT2D eigenvalue weighted by Crippen LogP contribution is -2.36. The zero-order chi connectivity index (χ0) is 12.7. The van der Waals surface area contributed by atoms with Crippen molar-refractivity contribution in [3.05, 3.63) is 42.2 Å². The van der Waals surface area contributed by atoms with E-state index in [0.29, 0.717) is 0 Å². The van der Waals surface area contributed by atoms with E-state index in [9.17, 15) is 0 Å². The van der Waals surface area contributed by atoms with Crippen molar-refractivity contribution in [3.63, 3.8) is 0 Å². The second-order valence-corrected chi connectivity index (χ2v) is 4.60. The van der Waals surface area contributed by atoms with Gasteiger partial charge in [0, 0.05) is 25.1 Å². The molecule has 1 aromatic carbocycles. The summed E-state index contributed by atoms with van der Waals surface area (Å²) >= 11 is 0. The molecule has 0 unspecified atom stereocenters. The Hall–Kier alpha value is -2.10. The Bertz CT molecular complexity index is 582. The predicted molar refractivity (Wildman–Crippen MR) is 73.2 cm³/mol. The summed E-state index contributed by atoms with van der Waals surface area (Å²) in [6.45, 7) is 4.28. The Morgan fingerprint density at radius 1 is 1.06 bits per heavy atom. The molecule has 0 N–H and O–H groups in total. The lowest BCUT2D eigenvalue weighted by molar-refractivity contribution is 0.726. The fraction of sp³-hybridized carbons (Fsp3) is 0.286. The topological polar surface area (TPSA) is 32.3 Å². The Balaban J connectivity index is 2.16. The summed E-state index contributed by atoms with van der Waals surface area (Å²) in [5.41, 5.74) is 2.44. The van der Waals surface area contributed by atoms with Crippen LogP contribution in [0.1, 0.15) is 12.5 Å². The van der Waals surface area contributed by atoms with E-state index in [2.05, 4.69) is 64.9 Å². The molecule has 2 aromatic rings. The van der Waals surface area contributed by atoms with Crippen molar-refractivity contribution < 1.29 is 0 Å². The maximum absolute atomic E-state index is 4.48. The molecule has 1 aromatic heterocycles. The molecule has 92 valence electrons. The highest BCUT2D eigenvalue weighted by molar-refractivity contribution is 5.78. The molecule has 0 amide bonds. The standard InChI is InChI=1S/C14H16N4/c1-10-6-4-5-7-12(10)18-11(2)17(3)13-14(18)16-9-8-15-13/h4-9,11H,1-3H3/t11-/m1/s1. The maximum atomic E-state index is 4.48. The largest absolute Gasteiger partial charge is 0.336 e. The molecular formula is C14H16N4. The van der Waals surface area contributed by atoms with Gasteiger partial charge in [0.2, 0.25) is 0 Å². The van der Waals surface area contributed by atoms with E-state index in [-0.39, 0.29) is 6.17 Å². The van der Waals surface area contributed by atoms with Gasteiger partial charge < -0.3 is 9.80 Å². The highest BCUT2D eigenvalue weighted by Crippen LogP contribution is 2.40. The highest BCUT2D eigenvalue weighted by Gasteiger charge is 2.34. The van der Waals surface area contributed by atoms with Crippen LogP contribution in [-0.4, -0.2) is 23.2 Å². The van der Waals surface area contributed by atoms with E-state index in [1.807, 2.05) is 0 Å². The molecular weight excluding hydrogens is 224 g/mol. The van der Waals surface area contributed by atoms with Gasteiger partial charge in [-0.15, -0.1) is 0 Å². The van der Waals surface area contributed by atoms with E-state index < -0.39 is 0 Å². The number of benzene rings is 1. The van der Waals surface area contributed by atoms with Crippen LogP contribution < -0.4 is 9.80 Å². The molecule has 2 heterocycles. The fourth-order valence-corrected chi connectivity index (χ4v) is 2.42. The van der Waals surface area contributed by atoms with Gasteiger partial charge in [-0.05, 0) is 25.5 Å². The quantitative estimate of drug-likeness (QED) is 0.767. The van der Waals surface area contributed by atoms with Crippen molar-refractivity contribution in [3.8, 4) is 0 Å². The van der Waals surface area contributed by atoms with E-state index in [1.165, 1.54) is 11.3 Å². The number of para-hydroxylation sites is 1. The number of rotatable bonds is 1. The van der Waals surface area contributed by atoms with Crippen LogP contribution in [0, 0.1) is 6.92 Å². The number of aromatic nitrogens is 2. The zero-order valence-electron chi connectivity index (χ0n) is 10.8. The van der Waals surface area contributed by atoms with Crippen molar-refractivity contribution in [2.24, 2.45) is 0 Å². The summed E-state index contributed by atoms with van der Waals surface area (Å²) in [5.74, 6) is 1.87. The summed E-state index contributed by atoms with van der Waals surface area (Å²) in [6, 6.07) is 8.37. The second-order valence-electron chi connectivity index (χ2n) is 4.60. The first-order chi connectivity index (χ1) is 8.70. The molecule has 0 aliphatic carbocycles. The second kappa shape index (κ2) is 3.98. The number of hydrogen-bond donors (Lipinski definition) is 0. The molecule has 0 saturated carbocycles. The molecule has 0 bridgehead atoms. The van der Waals surface area contributed by atoms with Gasteiger partial charge in [0.05, 0.1) is 0 Å². The first kappa shape index (κ1) is 11.0. The van der Waals surface area contributed by atoms with Gasteiger partial charge >= 0.3 is 0 Å². The molecule has 1 aliphatic heterocycles. The van der Waals surface area contributed by atoms with Crippen LogP contribution in [0.3, 0.4) is 0 Å². The number of fused-ring (bicyclic) bond motifs is 1. The molecule has 4 nitrogen and oxygen atoms in total. The molecule has 18 heavy (non-hydrogen) atoms. The molecule has 0 spiro atoms. The van der Waals surface area contributed by atoms with Gasteiger partial charge in [0.25, 0.3) is 0 Å². The maximum Gasteiger partial charge on any atom is 0.178 e. The van der Waals surface area contributed by atoms with Crippen molar-refractivity contribution in [1.82, 2.24) is 9.97 Å². The van der Waals surface area contributed by atoms with Crippen LogP contribution in [0.25, 0.3) is 0 Å². The summed E-state index contributed by atoms with van der Waals surface area (Å²) < 4.78 is 0. The van der Waals surface area contributed by atoms with Gasteiger partial charge in [0.15, 0.2) is 11.6 Å². The number of nitrogens with zero attached hydrogens (tertiary/aromatic N) is 4. The van der Waals surface area contributed by atoms with Gasteiger partial charge in [-0.25, -0.2) is 9.97 Å². The van der Waals surface area contributed by atoms with E-state index in [1.54, 1.807) is 12.4 Å². The van der Waals surface area contributed by atoms with Crippen LogP contribution in [0.15, 0.2) is 36.7 Å². The third-order valence-electron chi connectivity index (χ3n) is 3.53. The summed E-state index contributed by atoms with van der Waals surface area (Å²) in [7, 11) is 2.05. The van der Waals surface area contributed by atoms with Crippen LogP contribution in [0.5, 0.6) is 0 Å². The van der Waals surface area contributed by atoms with E-state index in [0.717, 1.165) is 11.6 Å². The summed E-state index contributed by atoms with van der Waals surface area (Å²) in [5, 5.41) is 0. The Labute approximate surface area is 107 Å². The Morgan fingerprint density at radius 3 is 2.44 bits per heavy atom. The third-order valence-corrected chi connectivity index (χ3v) is 3.53. The summed E-state index contributed by atoms with van der Waals surface area (Å²) in [6.07, 6.45) is 3.71. The third kappa shape index (κ3) is 1.45. The average molecular weight is 240 g/mol. The van der Waals surface area contributed by atoms with Gasteiger partial charge in [-0.3, -0.25) is 0 Å². The first-order valence-corrected chi connectivity index (χ1v) is 6.09. The molecule has 3 rings (SSSR count). The van der Waals surface area contributed by atoms with Gasteiger partial charge in [-0.2, -0.15) is 0 Å². The van der Waals surface area contributed by atoms with E-state index >= 15 is 0 Å². The Morgan fingerprint density at radius 2 is 1.72 bits per heavy atom. The molecule has 1 atom stereocenters. The number of hydrogen-bond acceptors (Lipinski definition) is 4. The number of aryl methyl sites for hydroxylation is 1. The lowest BCUT2D eigenvalue weighted by Gasteiger charge is -2.27. The minimum absolute atomic E-state index is 0.225. The zero-order valence-corrected chi connectivity index (χ0v) is 10.8. The fourth-order valence-electron chi connectivity index (χ4n) is 2.42. The van der Waals surface area contributed by atoms with Gasteiger partial charge in [-0.1, -0.05) is 18.2 Å². The number of anilines is 3. The van der Waals surface area contributed by atoms with Crippen LogP contribution in [0.4, 0.5) is 17.3 Å². The average Bonchev–Trinajstić information content (AvgIpc) is 2.64. The van der Waals surface area contributed by atoms with Crippen molar-refractivity contribution in [2.75, 3.05) is 16.8 Å². The molecule has 0 fully saturated rings. The SMILES string of the molecule is Cc1ccccc1N1c2nccnc2N(C)[C@H]1C. The first-order valence-electron chi connectivity index (χ1n) is 6.09. The van der Waals surface area contributed by atoms with Crippen molar-refractivity contribution >= 4 is 17.3 Å². The minimum Gasteiger partial charge on any atom is -0.336 e.